The molecule has 0 saturated heterocycles. The minimum atomic E-state index is -0.133. The first-order valence-electron chi connectivity index (χ1n) is 7.09. The van der Waals surface area contributed by atoms with E-state index in [1.807, 2.05) is 18.7 Å². The van der Waals surface area contributed by atoms with Gasteiger partial charge in [-0.2, -0.15) is 0 Å². The van der Waals surface area contributed by atoms with Crippen LogP contribution in [0.25, 0.3) is 0 Å². The predicted molar refractivity (Wildman–Crippen MR) is 79.4 cm³/mol. The maximum atomic E-state index is 12.6. The molecule has 0 aromatic heterocycles. The van der Waals surface area contributed by atoms with E-state index < -0.39 is 0 Å². The van der Waals surface area contributed by atoms with Crippen molar-refractivity contribution in [3.63, 3.8) is 0 Å². The smallest absolute Gasteiger partial charge is 0.231 e. The van der Waals surface area contributed by atoms with E-state index in [-0.39, 0.29) is 17.9 Å². The topological polar surface area (TPSA) is 46.3 Å². The Balaban J connectivity index is 2.40. The molecule has 0 fully saturated rings. The average Bonchev–Trinajstić information content (AvgIpc) is 2.36. The number of anilines is 1. The molecule has 0 saturated carbocycles. The van der Waals surface area contributed by atoms with Crippen molar-refractivity contribution in [1.82, 2.24) is 0 Å². The first-order valence-corrected chi connectivity index (χ1v) is 7.09. The number of benzene rings is 1. The minimum Gasteiger partial charge on any atom is -0.327 e. The number of fused-ring (bicyclic) bond motifs is 1. The van der Waals surface area contributed by atoms with Crippen molar-refractivity contribution in [1.29, 1.82) is 0 Å². The summed E-state index contributed by atoms with van der Waals surface area (Å²) in [6.45, 7) is 8.85. The van der Waals surface area contributed by atoms with Crippen molar-refractivity contribution in [3.05, 3.63) is 28.8 Å². The standard InChI is InChI=1S/C16H24N2O/c1-10-8-11(2)14-6-5-7-18(15(14)9-10)16(19)12(3)13(4)17/h8-9,12-13H,5-7,17H2,1-4H3. The summed E-state index contributed by atoms with van der Waals surface area (Å²) in [7, 11) is 0. The Morgan fingerprint density at radius 1 is 1.32 bits per heavy atom. The third-order valence-corrected chi connectivity index (χ3v) is 4.14. The van der Waals surface area contributed by atoms with E-state index in [9.17, 15) is 4.79 Å². The van der Waals surface area contributed by atoms with Crippen LogP contribution in [0.5, 0.6) is 0 Å². The number of hydrogen-bond acceptors (Lipinski definition) is 2. The number of carbonyl (C=O) groups is 1. The molecule has 2 rings (SSSR count). The summed E-state index contributed by atoms with van der Waals surface area (Å²) in [5.41, 5.74) is 10.8. The Hall–Kier alpha value is -1.35. The molecule has 1 aliphatic heterocycles. The molecule has 19 heavy (non-hydrogen) atoms. The van der Waals surface area contributed by atoms with Gasteiger partial charge < -0.3 is 10.6 Å². The fraction of sp³-hybridized carbons (Fsp3) is 0.562. The van der Waals surface area contributed by atoms with Crippen LogP contribution >= 0.6 is 0 Å². The van der Waals surface area contributed by atoms with E-state index in [1.54, 1.807) is 0 Å². The number of rotatable bonds is 2. The fourth-order valence-electron chi connectivity index (χ4n) is 2.78. The van der Waals surface area contributed by atoms with Crippen molar-refractivity contribution in [2.24, 2.45) is 11.7 Å². The van der Waals surface area contributed by atoms with Crippen molar-refractivity contribution < 1.29 is 4.79 Å². The average molecular weight is 260 g/mol. The molecule has 0 radical (unpaired) electrons. The Morgan fingerprint density at radius 2 is 2.00 bits per heavy atom. The van der Waals surface area contributed by atoms with Crippen LogP contribution in [-0.2, 0) is 11.2 Å². The van der Waals surface area contributed by atoms with Gasteiger partial charge in [0.15, 0.2) is 0 Å². The number of amides is 1. The summed E-state index contributed by atoms with van der Waals surface area (Å²) in [6, 6.07) is 4.22. The van der Waals surface area contributed by atoms with Crippen molar-refractivity contribution in [2.45, 2.75) is 46.6 Å². The highest BCUT2D eigenvalue weighted by Gasteiger charge is 2.28. The molecule has 2 unspecified atom stereocenters. The molecular formula is C16H24N2O. The summed E-state index contributed by atoms with van der Waals surface area (Å²) in [6.07, 6.45) is 2.10. The van der Waals surface area contributed by atoms with Crippen LogP contribution in [0.1, 0.15) is 37.0 Å². The molecule has 0 aliphatic carbocycles. The summed E-state index contributed by atoms with van der Waals surface area (Å²) < 4.78 is 0. The highest BCUT2D eigenvalue weighted by molar-refractivity contribution is 5.96. The van der Waals surface area contributed by atoms with Gasteiger partial charge in [0.2, 0.25) is 5.91 Å². The third kappa shape index (κ3) is 2.66. The van der Waals surface area contributed by atoms with Crippen molar-refractivity contribution in [3.8, 4) is 0 Å². The second-order valence-electron chi connectivity index (χ2n) is 5.82. The molecule has 104 valence electrons. The number of carbonyl (C=O) groups excluding carboxylic acids is 1. The number of nitrogens with zero attached hydrogens (tertiary/aromatic N) is 1. The SMILES string of the molecule is Cc1cc(C)c2c(c1)N(C(=O)C(C)C(C)N)CCC2. The maximum Gasteiger partial charge on any atom is 0.231 e. The molecule has 3 heteroatoms. The summed E-state index contributed by atoms with van der Waals surface area (Å²) in [5, 5.41) is 0. The molecule has 1 heterocycles. The van der Waals surface area contributed by atoms with E-state index >= 15 is 0 Å². The van der Waals surface area contributed by atoms with E-state index in [2.05, 4.69) is 26.0 Å². The molecule has 2 N–H and O–H groups in total. The van der Waals surface area contributed by atoms with Gasteiger partial charge in [0, 0.05) is 18.3 Å². The molecular weight excluding hydrogens is 236 g/mol. The Kier molecular flexibility index (Phi) is 3.95. The number of nitrogens with two attached hydrogens (primary N) is 1. The van der Waals surface area contributed by atoms with Crippen LogP contribution in [0, 0.1) is 19.8 Å². The third-order valence-electron chi connectivity index (χ3n) is 4.14. The molecule has 2 atom stereocenters. The highest BCUT2D eigenvalue weighted by atomic mass is 16.2. The van der Waals surface area contributed by atoms with Crippen LogP contribution < -0.4 is 10.6 Å². The molecule has 0 bridgehead atoms. The largest absolute Gasteiger partial charge is 0.327 e. The summed E-state index contributed by atoms with van der Waals surface area (Å²) in [5.74, 6) is 0.0210. The van der Waals surface area contributed by atoms with Gasteiger partial charge in [0.1, 0.15) is 0 Å². The lowest BCUT2D eigenvalue weighted by molar-refractivity contribution is -0.122. The van der Waals surface area contributed by atoms with Gasteiger partial charge in [0.25, 0.3) is 0 Å². The van der Waals surface area contributed by atoms with Gasteiger partial charge in [0.05, 0.1) is 5.92 Å². The van der Waals surface area contributed by atoms with Crippen LogP contribution in [-0.4, -0.2) is 18.5 Å². The second-order valence-corrected chi connectivity index (χ2v) is 5.82. The normalized spacial score (nSPS) is 17.8. The summed E-state index contributed by atoms with van der Waals surface area (Å²) >= 11 is 0. The van der Waals surface area contributed by atoms with E-state index in [0.29, 0.717) is 0 Å². The molecule has 1 aromatic carbocycles. The lowest BCUT2D eigenvalue weighted by Crippen LogP contribution is -2.44. The zero-order chi connectivity index (χ0) is 14.2. The predicted octanol–water partition coefficient (Wildman–Crippen LogP) is 2.57. The number of hydrogen-bond donors (Lipinski definition) is 1. The van der Waals surface area contributed by atoms with Crippen LogP contribution in [0.4, 0.5) is 5.69 Å². The lowest BCUT2D eigenvalue weighted by atomic mass is 9.93. The maximum absolute atomic E-state index is 12.6. The molecule has 1 aliphatic rings. The highest BCUT2D eigenvalue weighted by Crippen LogP contribution is 2.32. The van der Waals surface area contributed by atoms with Gasteiger partial charge >= 0.3 is 0 Å². The first-order chi connectivity index (χ1) is 8.91. The lowest BCUT2D eigenvalue weighted by Gasteiger charge is -2.33. The Morgan fingerprint density at radius 3 is 2.63 bits per heavy atom. The minimum absolute atomic E-state index is 0.108. The van der Waals surface area contributed by atoms with E-state index in [1.165, 1.54) is 16.7 Å². The molecule has 0 spiro atoms. The van der Waals surface area contributed by atoms with Gasteiger partial charge in [-0.3, -0.25) is 4.79 Å². The van der Waals surface area contributed by atoms with Crippen LogP contribution in [0.3, 0.4) is 0 Å². The zero-order valence-corrected chi connectivity index (χ0v) is 12.4. The fourth-order valence-corrected chi connectivity index (χ4v) is 2.78. The van der Waals surface area contributed by atoms with Crippen LogP contribution in [0.2, 0.25) is 0 Å². The molecule has 1 aromatic rings. The van der Waals surface area contributed by atoms with Crippen molar-refractivity contribution >= 4 is 11.6 Å². The zero-order valence-electron chi connectivity index (χ0n) is 12.4. The Bertz CT molecular complexity index is 494. The van der Waals surface area contributed by atoms with E-state index in [4.69, 9.17) is 5.73 Å². The number of aryl methyl sites for hydroxylation is 2. The van der Waals surface area contributed by atoms with Gasteiger partial charge in [-0.15, -0.1) is 0 Å². The molecule has 3 nitrogen and oxygen atoms in total. The van der Waals surface area contributed by atoms with Gasteiger partial charge in [-0.05, 0) is 56.4 Å². The van der Waals surface area contributed by atoms with Crippen LogP contribution in [0.15, 0.2) is 12.1 Å². The second kappa shape index (κ2) is 5.33. The quantitative estimate of drug-likeness (QED) is 0.888. The van der Waals surface area contributed by atoms with Crippen molar-refractivity contribution in [2.75, 3.05) is 11.4 Å². The monoisotopic (exact) mass is 260 g/mol. The Labute approximate surface area is 115 Å². The first kappa shape index (κ1) is 14.1. The van der Waals surface area contributed by atoms with Gasteiger partial charge in [-0.1, -0.05) is 13.0 Å². The summed E-state index contributed by atoms with van der Waals surface area (Å²) in [4.78, 5) is 14.5. The van der Waals surface area contributed by atoms with Gasteiger partial charge in [-0.25, -0.2) is 0 Å². The van der Waals surface area contributed by atoms with E-state index in [0.717, 1.165) is 25.1 Å². The molecule has 1 amide bonds.